The third-order valence-corrected chi connectivity index (χ3v) is 5.96. The minimum atomic E-state index is -0.945. The summed E-state index contributed by atoms with van der Waals surface area (Å²) in [6, 6.07) is 5.16. The van der Waals surface area contributed by atoms with E-state index in [0.717, 1.165) is 28.2 Å². The van der Waals surface area contributed by atoms with Crippen LogP contribution in [0.4, 0.5) is 0 Å². The molecule has 0 unspecified atom stereocenters. The molecule has 0 bridgehead atoms. The minimum Gasteiger partial charge on any atom is -0.478 e. The molecule has 1 aliphatic rings. The van der Waals surface area contributed by atoms with Crippen LogP contribution in [0.2, 0.25) is 0 Å². The number of benzene rings is 1. The Hall–Kier alpha value is -2.21. The number of aryl methyl sites for hydroxylation is 1. The Morgan fingerprint density at radius 1 is 1.24 bits per heavy atom. The lowest BCUT2D eigenvalue weighted by atomic mass is 9.97. The standard InChI is InChI=1S/C19H22N2O3S/c1-11-15(25-18(20-11)19(2,3)4)16(22)21-8-7-12-5-6-13(17(23)24)9-14(12)10-21/h5-6,9H,7-8,10H2,1-4H3,(H,23,24). The molecule has 1 aliphatic heterocycles. The normalized spacial score (nSPS) is 14.3. The van der Waals surface area contributed by atoms with Crippen LogP contribution in [0.5, 0.6) is 0 Å². The lowest BCUT2D eigenvalue weighted by molar-refractivity contribution is 0.0696. The second kappa shape index (κ2) is 6.26. The lowest BCUT2D eigenvalue weighted by Gasteiger charge is -2.29. The molecule has 0 radical (unpaired) electrons. The highest BCUT2D eigenvalue weighted by Crippen LogP contribution is 2.31. The van der Waals surface area contributed by atoms with E-state index < -0.39 is 5.97 Å². The average molecular weight is 358 g/mol. The Bertz CT molecular complexity index is 849. The molecule has 5 nitrogen and oxygen atoms in total. The summed E-state index contributed by atoms with van der Waals surface area (Å²) in [6.45, 7) is 9.22. The van der Waals surface area contributed by atoms with Crippen molar-refractivity contribution in [1.82, 2.24) is 9.88 Å². The van der Waals surface area contributed by atoms with Gasteiger partial charge in [0.1, 0.15) is 4.88 Å². The van der Waals surface area contributed by atoms with Crippen molar-refractivity contribution in [1.29, 1.82) is 0 Å². The van der Waals surface area contributed by atoms with Gasteiger partial charge in [0, 0.05) is 18.5 Å². The van der Waals surface area contributed by atoms with Crippen LogP contribution >= 0.6 is 11.3 Å². The number of amides is 1. The van der Waals surface area contributed by atoms with Crippen molar-refractivity contribution in [2.45, 2.75) is 46.1 Å². The van der Waals surface area contributed by atoms with Crippen LogP contribution in [-0.2, 0) is 18.4 Å². The summed E-state index contributed by atoms with van der Waals surface area (Å²) in [6.07, 6.45) is 0.741. The Morgan fingerprint density at radius 3 is 2.56 bits per heavy atom. The van der Waals surface area contributed by atoms with Gasteiger partial charge in [0.25, 0.3) is 5.91 Å². The van der Waals surface area contributed by atoms with Crippen molar-refractivity contribution in [2.24, 2.45) is 0 Å². The number of carbonyl (C=O) groups is 2. The molecule has 0 fully saturated rings. The van der Waals surface area contributed by atoms with Crippen LogP contribution in [0.3, 0.4) is 0 Å². The van der Waals surface area contributed by atoms with Crippen molar-refractivity contribution < 1.29 is 14.7 Å². The van der Waals surface area contributed by atoms with E-state index in [1.54, 1.807) is 17.0 Å². The molecule has 25 heavy (non-hydrogen) atoms. The SMILES string of the molecule is Cc1nc(C(C)(C)C)sc1C(=O)N1CCc2ccc(C(=O)O)cc2C1. The number of carboxylic acid groups (broad SMARTS) is 1. The number of aromatic nitrogens is 1. The molecule has 0 saturated carbocycles. The maximum atomic E-state index is 13.0. The predicted octanol–water partition coefficient (Wildman–Crippen LogP) is 3.65. The minimum absolute atomic E-state index is 0.0168. The molecule has 132 valence electrons. The molecule has 0 aliphatic carbocycles. The average Bonchev–Trinajstić information content (AvgIpc) is 2.95. The highest BCUT2D eigenvalue weighted by Gasteiger charge is 2.28. The molecular formula is C19H22N2O3S. The number of thiazole rings is 1. The Balaban J connectivity index is 1.86. The maximum absolute atomic E-state index is 13.0. The summed E-state index contributed by atoms with van der Waals surface area (Å²) < 4.78 is 0. The predicted molar refractivity (Wildman–Crippen MR) is 97.4 cm³/mol. The molecule has 2 aromatic rings. The summed E-state index contributed by atoms with van der Waals surface area (Å²) >= 11 is 1.46. The number of hydrogen-bond acceptors (Lipinski definition) is 4. The fourth-order valence-corrected chi connectivity index (χ4v) is 4.01. The van der Waals surface area contributed by atoms with E-state index in [4.69, 9.17) is 5.11 Å². The van der Waals surface area contributed by atoms with Crippen LogP contribution in [0.25, 0.3) is 0 Å². The van der Waals surface area contributed by atoms with E-state index >= 15 is 0 Å². The van der Waals surface area contributed by atoms with Crippen molar-refractivity contribution >= 4 is 23.2 Å². The Morgan fingerprint density at radius 2 is 1.96 bits per heavy atom. The van der Waals surface area contributed by atoms with E-state index in [1.165, 1.54) is 11.3 Å². The van der Waals surface area contributed by atoms with Gasteiger partial charge in [-0.2, -0.15) is 0 Å². The van der Waals surface area contributed by atoms with E-state index in [1.807, 2.05) is 13.0 Å². The monoisotopic (exact) mass is 358 g/mol. The van der Waals surface area contributed by atoms with Gasteiger partial charge in [-0.05, 0) is 36.6 Å². The van der Waals surface area contributed by atoms with E-state index in [-0.39, 0.29) is 16.9 Å². The second-order valence-electron chi connectivity index (χ2n) is 7.45. The molecule has 2 heterocycles. The first-order valence-corrected chi connectivity index (χ1v) is 9.11. The van der Waals surface area contributed by atoms with Crippen molar-refractivity contribution in [3.8, 4) is 0 Å². The van der Waals surface area contributed by atoms with Gasteiger partial charge in [0.05, 0.1) is 16.3 Å². The highest BCUT2D eigenvalue weighted by atomic mass is 32.1. The molecule has 0 spiro atoms. The van der Waals surface area contributed by atoms with Crippen LogP contribution < -0.4 is 0 Å². The van der Waals surface area contributed by atoms with Crippen molar-refractivity contribution in [3.05, 3.63) is 50.5 Å². The van der Waals surface area contributed by atoms with Crippen molar-refractivity contribution in [3.63, 3.8) is 0 Å². The van der Waals surface area contributed by atoms with Gasteiger partial charge in [-0.3, -0.25) is 4.79 Å². The fraction of sp³-hybridized carbons (Fsp3) is 0.421. The van der Waals surface area contributed by atoms with E-state index in [2.05, 4.69) is 25.8 Å². The summed E-state index contributed by atoms with van der Waals surface area (Å²) in [5.41, 5.74) is 2.98. The fourth-order valence-electron chi connectivity index (χ4n) is 2.92. The zero-order valence-corrected chi connectivity index (χ0v) is 15.7. The van der Waals surface area contributed by atoms with Crippen LogP contribution in [0.15, 0.2) is 18.2 Å². The molecule has 1 amide bonds. The first kappa shape index (κ1) is 17.6. The van der Waals surface area contributed by atoms with Gasteiger partial charge in [0.2, 0.25) is 0 Å². The molecular weight excluding hydrogens is 336 g/mol. The first-order valence-electron chi connectivity index (χ1n) is 8.29. The molecule has 3 rings (SSSR count). The number of carboxylic acids is 1. The summed E-state index contributed by atoms with van der Waals surface area (Å²) in [4.78, 5) is 31.2. The van der Waals surface area contributed by atoms with E-state index in [9.17, 15) is 9.59 Å². The molecule has 0 atom stereocenters. The molecule has 1 aromatic carbocycles. The number of hydrogen-bond donors (Lipinski definition) is 1. The summed E-state index contributed by atoms with van der Waals surface area (Å²) in [7, 11) is 0. The maximum Gasteiger partial charge on any atom is 0.335 e. The molecule has 0 saturated heterocycles. The summed E-state index contributed by atoms with van der Waals surface area (Å²) in [5, 5.41) is 10.1. The van der Waals surface area contributed by atoms with Gasteiger partial charge in [-0.15, -0.1) is 11.3 Å². The number of aromatic carboxylic acids is 1. The summed E-state index contributed by atoms with van der Waals surface area (Å²) in [5.74, 6) is -0.962. The zero-order valence-electron chi connectivity index (χ0n) is 14.9. The Labute approximate surface area is 151 Å². The molecule has 1 aromatic heterocycles. The topological polar surface area (TPSA) is 70.5 Å². The van der Waals surface area contributed by atoms with E-state index in [0.29, 0.717) is 18.0 Å². The Kier molecular flexibility index (Phi) is 4.41. The molecule has 1 N–H and O–H groups in total. The van der Waals surface area contributed by atoms with Gasteiger partial charge in [0.15, 0.2) is 0 Å². The zero-order chi connectivity index (χ0) is 18.4. The van der Waals surface area contributed by atoms with Gasteiger partial charge >= 0.3 is 5.97 Å². The smallest absolute Gasteiger partial charge is 0.335 e. The third-order valence-electron chi connectivity index (χ3n) is 4.39. The van der Waals surface area contributed by atoms with Gasteiger partial charge in [-0.1, -0.05) is 26.8 Å². The molecule has 6 heteroatoms. The quantitative estimate of drug-likeness (QED) is 0.890. The van der Waals surface area contributed by atoms with Gasteiger partial charge in [-0.25, -0.2) is 9.78 Å². The van der Waals surface area contributed by atoms with Crippen LogP contribution in [-0.4, -0.2) is 33.4 Å². The highest BCUT2D eigenvalue weighted by molar-refractivity contribution is 7.14. The van der Waals surface area contributed by atoms with Crippen LogP contribution in [0, 0.1) is 6.92 Å². The second-order valence-corrected chi connectivity index (χ2v) is 8.45. The number of rotatable bonds is 2. The van der Waals surface area contributed by atoms with Gasteiger partial charge < -0.3 is 10.0 Å². The number of carbonyl (C=O) groups excluding carboxylic acids is 1. The third kappa shape index (κ3) is 3.44. The number of fused-ring (bicyclic) bond motifs is 1. The number of nitrogens with zero attached hydrogens (tertiary/aromatic N) is 2. The first-order chi connectivity index (χ1) is 11.7. The van der Waals surface area contributed by atoms with Crippen molar-refractivity contribution in [2.75, 3.05) is 6.54 Å². The largest absolute Gasteiger partial charge is 0.478 e. The van der Waals surface area contributed by atoms with Crippen LogP contribution in [0.1, 0.15) is 62.6 Å². The lowest BCUT2D eigenvalue weighted by Crippen LogP contribution is -2.36.